The first kappa shape index (κ1) is 16.5. The first-order chi connectivity index (χ1) is 10.9. The van der Waals surface area contributed by atoms with Crippen molar-refractivity contribution in [2.75, 3.05) is 16.4 Å². The highest BCUT2D eigenvalue weighted by Crippen LogP contribution is 2.24. The molecule has 0 fully saturated rings. The summed E-state index contributed by atoms with van der Waals surface area (Å²) in [6.07, 6.45) is 0. The van der Waals surface area contributed by atoms with Crippen LogP contribution in [0, 0.1) is 0 Å². The third-order valence-corrected chi connectivity index (χ3v) is 3.29. The van der Waals surface area contributed by atoms with Crippen LogP contribution in [-0.4, -0.2) is 17.6 Å². The molecule has 0 aromatic heterocycles. The molecule has 2 rings (SSSR count). The fraction of sp³-hybridized carbons (Fsp3) is 0.0625. The summed E-state index contributed by atoms with van der Waals surface area (Å²) in [5.41, 5.74) is 7.06. The van der Waals surface area contributed by atoms with Gasteiger partial charge in [0.1, 0.15) is 0 Å². The fourth-order valence-electron chi connectivity index (χ4n) is 1.82. The molecular formula is C16H14ClN3O3. The molecule has 0 unspecified atom stereocenters. The normalized spacial score (nSPS) is 10.0. The highest BCUT2D eigenvalue weighted by molar-refractivity contribution is 6.44. The largest absolute Gasteiger partial charge is 0.399 e. The van der Waals surface area contributed by atoms with Crippen molar-refractivity contribution in [2.24, 2.45) is 0 Å². The number of amides is 2. The van der Waals surface area contributed by atoms with Gasteiger partial charge in [-0.3, -0.25) is 14.4 Å². The molecule has 2 aromatic carbocycles. The van der Waals surface area contributed by atoms with Crippen LogP contribution in [0.15, 0.2) is 42.5 Å². The third-order valence-electron chi connectivity index (χ3n) is 2.97. The molecule has 7 heteroatoms. The first-order valence-electron chi connectivity index (χ1n) is 6.65. The van der Waals surface area contributed by atoms with Gasteiger partial charge in [-0.05, 0) is 37.3 Å². The Morgan fingerprint density at radius 2 is 1.70 bits per heavy atom. The summed E-state index contributed by atoms with van der Waals surface area (Å²) < 4.78 is 0. The predicted octanol–water partition coefficient (Wildman–Crippen LogP) is 2.70. The second-order valence-electron chi connectivity index (χ2n) is 4.78. The van der Waals surface area contributed by atoms with Crippen LogP contribution in [0.25, 0.3) is 0 Å². The summed E-state index contributed by atoms with van der Waals surface area (Å²) in [7, 11) is 0. The molecule has 2 amide bonds. The van der Waals surface area contributed by atoms with Crippen LogP contribution in [0.4, 0.5) is 17.1 Å². The van der Waals surface area contributed by atoms with Crippen molar-refractivity contribution in [3.63, 3.8) is 0 Å². The minimum atomic E-state index is -0.884. The van der Waals surface area contributed by atoms with Crippen molar-refractivity contribution in [1.29, 1.82) is 0 Å². The van der Waals surface area contributed by atoms with Crippen LogP contribution in [0.3, 0.4) is 0 Å². The molecule has 0 radical (unpaired) electrons. The second-order valence-corrected chi connectivity index (χ2v) is 5.19. The lowest BCUT2D eigenvalue weighted by atomic mass is 10.1. The van der Waals surface area contributed by atoms with Crippen LogP contribution < -0.4 is 16.4 Å². The van der Waals surface area contributed by atoms with Gasteiger partial charge in [0.2, 0.25) is 0 Å². The van der Waals surface area contributed by atoms with E-state index in [0.29, 0.717) is 16.9 Å². The summed E-state index contributed by atoms with van der Waals surface area (Å²) in [4.78, 5) is 35.1. The SMILES string of the molecule is CC(=O)c1cccc(NC(=O)C(=O)Nc2ccc(N)cc2Cl)c1. The predicted molar refractivity (Wildman–Crippen MR) is 89.6 cm³/mol. The lowest BCUT2D eigenvalue weighted by molar-refractivity contribution is -0.132. The number of benzene rings is 2. The third kappa shape index (κ3) is 4.31. The molecule has 0 spiro atoms. The zero-order valence-electron chi connectivity index (χ0n) is 12.2. The molecule has 6 nitrogen and oxygen atoms in total. The maximum atomic E-state index is 11.9. The summed E-state index contributed by atoms with van der Waals surface area (Å²) in [6, 6.07) is 10.8. The van der Waals surface area contributed by atoms with Gasteiger partial charge < -0.3 is 16.4 Å². The summed E-state index contributed by atoms with van der Waals surface area (Å²) in [5, 5.41) is 5.03. The van der Waals surface area contributed by atoms with Gasteiger partial charge in [-0.15, -0.1) is 0 Å². The molecule has 0 saturated carbocycles. The Bertz CT molecular complexity index is 790. The average Bonchev–Trinajstić information content (AvgIpc) is 2.50. The molecule has 0 bridgehead atoms. The Morgan fingerprint density at radius 3 is 2.35 bits per heavy atom. The molecule has 23 heavy (non-hydrogen) atoms. The smallest absolute Gasteiger partial charge is 0.314 e. The van der Waals surface area contributed by atoms with E-state index in [4.69, 9.17) is 17.3 Å². The molecule has 0 aliphatic heterocycles. The van der Waals surface area contributed by atoms with Crippen LogP contribution in [0.5, 0.6) is 0 Å². The van der Waals surface area contributed by atoms with E-state index < -0.39 is 11.8 Å². The number of carbonyl (C=O) groups excluding carboxylic acids is 3. The fourth-order valence-corrected chi connectivity index (χ4v) is 2.05. The number of halogens is 1. The Morgan fingerprint density at radius 1 is 1.00 bits per heavy atom. The van der Waals surface area contributed by atoms with Crippen LogP contribution >= 0.6 is 11.6 Å². The molecule has 0 heterocycles. The summed E-state index contributed by atoms with van der Waals surface area (Å²) >= 11 is 5.93. The van der Waals surface area contributed by atoms with Gasteiger partial charge >= 0.3 is 11.8 Å². The number of nitrogens with one attached hydrogen (secondary N) is 2. The monoisotopic (exact) mass is 331 g/mol. The number of carbonyl (C=O) groups is 3. The first-order valence-corrected chi connectivity index (χ1v) is 7.03. The van der Waals surface area contributed by atoms with E-state index in [1.807, 2.05) is 0 Å². The van der Waals surface area contributed by atoms with E-state index in [1.54, 1.807) is 24.3 Å². The van der Waals surface area contributed by atoms with Crippen molar-refractivity contribution in [3.8, 4) is 0 Å². The second kappa shape index (κ2) is 6.93. The van der Waals surface area contributed by atoms with E-state index in [0.717, 1.165) is 0 Å². The van der Waals surface area contributed by atoms with Gasteiger partial charge in [0.05, 0.1) is 10.7 Å². The van der Waals surface area contributed by atoms with E-state index in [1.165, 1.54) is 25.1 Å². The molecule has 0 aliphatic rings. The number of Topliss-reactive ketones (excluding diaryl/α,β-unsaturated/α-hetero) is 1. The molecule has 0 saturated heterocycles. The number of nitrogens with two attached hydrogens (primary N) is 1. The maximum Gasteiger partial charge on any atom is 0.314 e. The van der Waals surface area contributed by atoms with Gasteiger partial charge in [-0.2, -0.15) is 0 Å². The quantitative estimate of drug-likeness (QED) is 0.457. The molecule has 118 valence electrons. The van der Waals surface area contributed by atoms with Crippen LogP contribution in [0.1, 0.15) is 17.3 Å². The van der Waals surface area contributed by atoms with Crippen molar-refractivity contribution in [1.82, 2.24) is 0 Å². The number of rotatable bonds is 3. The van der Waals surface area contributed by atoms with Gasteiger partial charge in [-0.25, -0.2) is 0 Å². The summed E-state index contributed by atoms with van der Waals surface area (Å²) in [5.74, 6) is -1.90. The Kier molecular flexibility index (Phi) is 4.98. The van der Waals surface area contributed by atoms with Gasteiger partial charge in [0.15, 0.2) is 5.78 Å². The van der Waals surface area contributed by atoms with Crippen LogP contribution in [-0.2, 0) is 9.59 Å². The molecule has 2 aromatic rings. The molecular weight excluding hydrogens is 318 g/mol. The van der Waals surface area contributed by atoms with Gasteiger partial charge in [-0.1, -0.05) is 23.7 Å². The molecule has 0 aliphatic carbocycles. The Labute approximate surface area is 137 Å². The number of nitrogen functional groups attached to an aromatic ring is 1. The summed E-state index contributed by atoms with van der Waals surface area (Å²) in [6.45, 7) is 1.41. The van der Waals surface area contributed by atoms with E-state index in [-0.39, 0.29) is 16.5 Å². The van der Waals surface area contributed by atoms with Crippen molar-refractivity contribution in [3.05, 3.63) is 53.1 Å². The molecule has 0 atom stereocenters. The average molecular weight is 332 g/mol. The highest BCUT2D eigenvalue weighted by Gasteiger charge is 2.16. The zero-order valence-corrected chi connectivity index (χ0v) is 13.0. The topological polar surface area (TPSA) is 101 Å². The maximum absolute atomic E-state index is 11.9. The number of hydrogen-bond acceptors (Lipinski definition) is 4. The minimum Gasteiger partial charge on any atom is -0.399 e. The lowest BCUT2D eigenvalue weighted by Crippen LogP contribution is -2.29. The zero-order chi connectivity index (χ0) is 17.0. The Balaban J connectivity index is 2.07. The number of ketones is 1. The molecule has 4 N–H and O–H groups in total. The van der Waals surface area contributed by atoms with Crippen LogP contribution in [0.2, 0.25) is 5.02 Å². The van der Waals surface area contributed by atoms with Crippen molar-refractivity contribution < 1.29 is 14.4 Å². The van der Waals surface area contributed by atoms with Gasteiger partial charge in [0.25, 0.3) is 0 Å². The lowest BCUT2D eigenvalue weighted by Gasteiger charge is -2.09. The number of hydrogen-bond donors (Lipinski definition) is 3. The minimum absolute atomic E-state index is 0.140. The standard InChI is InChI=1S/C16H14ClN3O3/c1-9(21)10-3-2-4-12(7-10)19-15(22)16(23)20-14-6-5-11(18)8-13(14)17/h2-8H,18H2,1H3,(H,19,22)(H,20,23). The number of anilines is 3. The van der Waals surface area contributed by atoms with Crippen molar-refractivity contribution in [2.45, 2.75) is 6.92 Å². The van der Waals surface area contributed by atoms with E-state index in [9.17, 15) is 14.4 Å². The van der Waals surface area contributed by atoms with Gasteiger partial charge in [0, 0.05) is 16.9 Å². The van der Waals surface area contributed by atoms with E-state index >= 15 is 0 Å². The highest BCUT2D eigenvalue weighted by atomic mass is 35.5. The van der Waals surface area contributed by atoms with Crippen molar-refractivity contribution >= 4 is 46.3 Å². The Hall–Kier alpha value is -2.86. The van der Waals surface area contributed by atoms with E-state index in [2.05, 4.69) is 10.6 Å².